The standard InChI is InChI=1S/C33H33ClFN3O4S/c1-3-36-33(40)31(20-25-10-6-4-7-11-25)37(22-26-16-14-24(2)15-17-26)32(39)23-38(27-18-19-30(35)29(34)21-27)43(41,42)28-12-8-5-9-13-28/h4-19,21,31H,3,20,22-23H2,1-2H3,(H,36,40). The number of nitrogens with zero attached hydrogens (tertiary/aromatic N) is 2. The number of nitrogens with one attached hydrogen (secondary N) is 1. The van der Waals surface area contributed by atoms with Gasteiger partial charge in [0, 0.05) is 19.5 Å². The fourth-order valence-electron chi connectivity index (χ4n) is 4.62. The number of sulfonamides is 1. The number of aryl methyl sites for hydroxylation is 1. The maximum Gasteiger partial charge on any atom is 0.264 e. The van der Waals surface area contributed by atoms with Crippen LogP contribution in [0.4, 0.5) is 10.1 Å². The lowest BCUT2D eigenvalue weighted by atomic mass is 10.0. The molecule has 0 saturated carbocycles. The van der Waals surface area contributed by atoms with E-state index in [1.165, 1.54) is 29.2 Å². The first kappa shape index (κ1) is 31.7. The van der Waals surface area contributed by atoms with Gasteiger partial charge >= 0.3 is 0 Å². The summed E-state index contributed by atoms with van der Waals surface area (Å²) in [5.74, 6) is -1.71. The zero-order valence-corrected chi connectivity index (χ0v) is 25.5. The third-order valence-corrected chi connectivity index (χ3v) is 8.97. The Morgan fingerprint density at radius 1 is 0.884 bits per heavy atom. The van der Waals surface area contributed by atoms with Crippen LogP contribution in [0.15, 0.2) is 108 Å². The second-order valence-electron chi connectivity index (χ2n) is 10.0. The first-order chi connectivity index (χ1) is 20.6. The molecule has 0 spiro atoms. The molecule has 0 aliphatic rings. The summed E-state index contributed by atoms with van der Waals surface area (Å²) >= 11 is 6.05. The summed E-state index contributed by atoms with van der Waals surface area (Å²) in [6.07, 6.45) is 0.206. The van der Waals surface area contributed by atoms with Crippen LogP contribution in [-0.2, 0) is 32.6 Å². The van der Waals surface area contributed by atoms with Crippen LogP contribution in [0.3, 0.4) is 0 Å². The fourth-order valence-corrected chi connectivity index (χ4v) is 6.23. The largest absolute Gasteiger partial charge is 0.355 e. The van der Waals surface area contributed by atoms with Crippen LogP contribution < -0.4 is 9.62 Å². The molecule has 1 atom stereocenters. The van der Waals surface area contributed by atoms with E-state index in [9.17, 15) is 22.4 Å². The highest BCUT2D eigenvalue weighted by Crippen LogP contribution is 2.28. The molecule has 1 N–H and O–H groups in total. The number of benzene rings is 4. The van der Waals surface area contributed by atoms with Crippen molar-refractivity contribution in [2.24, 2.45) is 0 Å². The van der Waals surface area contributed by atoms with Gasteiger partial charge in [-0.15, -0.1) is 0 Å². The number of rotatable bonds is 12. The molecule has 4 aromatic carbocycles. The number of carbonyl (C=O) groups is 2. The van der Waals surface area contributed by atoms with E-state index in [0.29, 0.717) is 6.54 Å². The molecular weight excluding hydrogens is 589 g/mol. The zero-order valence-electron chi connectivity index (χ0n) is 23.9. The predicted octanol–water partition coefficient (Wildman–Crippen LogP) is 5.76. The van der Waals surface area contributed by atoms with Crippen LogP contribution in [0.1, 0.15) is 23.6 Å². The lowest BCUT2D eigenvalue weighted by Gasteiger charge is -2.34. The van der Waals surface area contributed by atoms with Crippen LogP contribution in [0, 0.1) is 12.7 Å². The summed E-state index contributed by atoms with van der Waals surface area (Å²) in [7, 11) is -4.30. The average Bonchev–Trinajstić information content (AvgIpc) is 3.01. The van der Waals surface area contributed by atoms with Crippen molar-refractivity contribution in [1.29, 1.82) is 0 Å². The Balaban J connectivity index is 1.80. The van der Waals surface area contributed by atoms with Crippen molar-refractivity contribution in [1.82, 2.24) is 10.2 Å². The van der Waals surface area contributed by atoms with Gasteiger partial charge in [-0.3, -0.25) is 13.9 Å². The van der Waals surface area contributed by atoms with Crippen molar-refractivity contribution in [3.63, 3.8) is 0 Å². The van der Waals surface area contributed by atoms with E-state index in [0.717, 1.165) is 27.1 Å². The molecule has 0 aliphatic heterocycles. The lowest BCUT2D eigenvalue weighted by Crippen LogP contribution is -2.53. The predicted molar refractivity (Wildman–Crippen MR) is 167 cm³/mol. The number of hydrogen-bond acceptors (Lipinski definition) is 4. The number of carbonyl (C=O) groups excluding carboxylic acids is 2. The smallest absolute Gasteiger partial charge is 0.264 e. The monoisotopic (exact) mass is 621 g/mol. The summed E-state index contributed by atoms with van der Waals surface area (Å²) in [5, 5.41) is 2.53. The van der Waals surface area contributed by atoms with Gasteiger partial charge < -0.3 is 10.2 Å². The third-order valence-electron chi connectivity index (χ3n) is 6.90. The Kier molecular flexibility index (Phi) is 10.6. The zero-order chi connectivity index (χ0) is 31.0. The van der Waals surface area contributed by atoms with Crippen LogP contribution in [0.5, 0.6) is 0 Å². The van der Waals surface area contributed by atoms with Gasteiger partial charge in [0.25, 0.3) is 10.0 Å². The van der Waals surface area contributed by atoms with Gasteiger partial charge in [0.15, 0.2) is 0 Å². The summed E-state index contributed by atoms with van der Waals surface area (Å²) in [5.41, 5.74) is 2.64. The van der Waals surface area contributed by atoms with Crippen molar-refractivity contribution in [3.8, 4) is 0 Å². The maximum absolute atomic E-state index is 14.3. The van der Waals surface area contributed by atoms with E-state index in [2.05, 4.69) is 5.32 Å². The summed E-state index contributed by atoms with van der Waals surface area (Å²) in [6, 6.07) is 27.0. The van der Waals surface area contributed by atoms with Crippen LogP contribution >= 0.6 is 11.6 Å². The van der Waals surface area contributed by atoms with E-state index in [4.69, 9.17) is 11.6 Å². The molecule has 0 bridgehead atoms. The first-order valence-electron chi connectivity index (χ1n) is 13.8. The number of amides is 2. The second kappa shape index (κ2) is 14.3. The number of hydrogen-bond donors (Lipinski definition) is 1. The quantitative estimate of drug-likeness (QED) is 0.218. The molecule has 10 heteroatoms. The molecule has 0 saturated heterocycles. The fraction of sp³-hybridized carbons (Fsp3) is 0.212. The lowest BCUT2D eigenvalue weighted by molar-refractivity contribution is -0.140. The molecule has 2 amide bonds. The minimum absolute atomic E-state index is 0.0107. The van der Waals surface area contributed by atoms with Gasteiger partial charge in [-0.05, 0) is 55.3 Å². The molecule has 0 heterocycles. The van der Waals surface area contributed by atoms with E-state index in [1.54, 1.807) is 25.1 Å². The molecule has 4 rings (SSSR count). The molecule has 43 heavy (non-hydrogen) atoms. The number of halogens is 2. The van der Waals surface area contributed by atoms with E-state index < -0.39 is 34.3 Å². The minimum Gasteiger partial charge on any atom is -0.355 e. The first-order valence-corrected chi connectivity index (χ1v) is 15.6. The highest BCUT2D eigenvalue weighted by Gasteiger charge is 2.34. The van der Waals surface area contributed by atoms with Crippen molar-refractivity contribution in [3.05, 3.63) is 131 Å². The maximum atomic E-state index is 14.3. The van der Waals surface area contributed by atoms with Crippen molar-refractivity contribution in [2.75, 3.05) is 17.4 Å². The Bertz CT molecular complexity index is 1650. The van der Waals surface area contributed by atoms with Crippen LogP contribution in [-0.4, -0.2) is 44.3 Å². The van der Waals surface area contributed by atoms with Crippen molar-refractivity contribution in [2.45, 2.75) is 37.8 Å². The Morgan fingerprint density at radius 2 is 1.51 bits per heavy atom. The Labute approximate surface area is 257 Å². The van der Waals surface area contributed by atoms with Gasteiger partial charge in [0.2, 0.25) is 11.8 Å². The molecule has 224 valence electrons. The molecule has 4 aromatic rings. The molecule has 0 aliphatic carbocycles. The van der Waals surface area contributed by atoms with Gasteiger partial charge in [-0.1, -0.05) is 90.0 Å². The molecular formula is C33H33ClFN3O4S. The Hall–Kier alpha value is -4.21. The topological polar surface area (TPSA) is 86.8 Å². The van der Waals surface area contributed by atoms with Crippen molar-refractivity contribution >= 4 is 39.1 Å². The highest BCUT2D eigenvalue weighted by molar-refractivity contribution is 7.92. The van der Waals surface area contributed by atoms with Gasteiger partial charge in [-0.2, -0.15) is 0 Å². The van der Waals surface area contributed by atoms with Crippen molar-refractivity contribution < 1.29 is 22.4 Å². The van der Waals surface area contributed by atoms with Crippen LogP contribution in [0.2, 0.25) is 5.02 Å². The molecule has 0 aromatic heterocycles. The molecule has 1 unspecified atom stereocenters. The van der Waals surface area contributed by atoms with E-state index in [1.807, 2.05) is 61.5 Å². The van der Waals surface area contributed by atoms with E-state index in [-0.39, 0.29) is 34.5 Å². The summed E-state index contributed by atoms with van der Waals surface area (Å²) in [6.45, 7) is 3.47. The summed E-state index contributed by atoms with van der Waals surface area (Å²) < 4.78 is 42.8. The molecule has 0 radical (unpaired) electrons. The second-order valence-corrected chi connectivity index (χ2v) is 12.3. The van der Waals surface area contributed by atoms with Crippen LogP contribution in [0.25, 0.3) is 0 Å². The van der Waals surface area contributed by atoms with Gasteiger partial charge in [0.05, 0.1) is 15.6 Å². The number of anilines is 1. The van der Waals surface area contributed by atoms with Gasteiger partial charge in [0.1, 0.15) is 18.4 Å². The summed E-state index contributed by atoms with van der Waals surface area (Å²) in [4.78, 5) is 29.1. The number of likely N-dealkylation sites (N-methyl/N-ethyl adjacent to an activating group) is 1. The Morgan fingerprint density at radius 3 is 2.12 bits per heavy atom. The third kappa shape index (κ3) is 8.00. The average molecular weight is 622 g/mol. The van der Waals surface area contributed by atoms with E-state index >= 15 is 0 Å². The van der Waals surface area contributed by atoms with Gasteiger partial charge in [-0.25, -0.2) is 12.8 Å². The normalized spacial score (nSPS) is 11.9. The molecule has 7 nitrogen and oxygen atoms in total. The highest BCUT2D eigenvalue weighted by atomic mass is 35.5. The molecule has 0 fully saturated rings. The SMILES string of the molecule is CCNC(=O)C(Cc1ccccc1)N(Cc1ccc(C)cc1)C(=O)CN(c1ccc(F)c(Cl)c1)S(=O)(=O)c1ccccc1. The minimum atomic E-state index is -4.30.